The van der Waals surface area contributed by atoms with E-state index in [9.17, 15) is 4.39 Å². The van der Waals surface area contributed by atoms with E-state index in [1.54, 1.807) is 6.07 Å². The zero-order valence-corrected chi connectivity index (χ0v) is 12.8. The molecule has 0 unspecified atom stereocenters. The fourth-order valence-electron chi connectivity index (χ4n) is 2.24. The molecule has 0 saturated carbocycles. The van der Waals surface area contributed by atoms with E-state index >= 15 is 0 Å². The number of nitrogens with zero attached hydrogens (tertiary/aromatic N) is 1. The normalized spacial score (nSPS) is 12.4. The molecule has 0 fully saturated rings. The first-order valence-corrected chi connectivity index (χ1v) is 6.95. The van der Waals surface area contributed by atoms with Gasteiger partial charge in [0.1, 0.15) is 5.82 Å². The van der Waals surface area contributed by atoms with Crippen molar-refractivity contribution < 1.29 is 4.39 Å². The van der Waals surface area contributed by atoms with Crippen molar-refractivity contribution in [2.75, 3.05) is 20.1 Å². The second kappa shape index (κ2) is 7.01. The topological polar surface area (TPSA) is 15.3 Å². The van der Waals surface area contributed by atoms with Crippen LogP contribution in [0.2, 0.25) is 0 Å². The molecule has 0 saturated heterocycles. The van der Waals surface area contributed by atoms with Gasteiger partial charge in [-0.05, 0) is 18.5 Å². The molecule has 0 radical (unpaired) electrons. The van der Waals surface area contributed by atoms with Gasteiger partial charge in [0.05, 0.1) is 0 Å². The molecule has 0 aliphatic heterocycles. The Morgan fingerprint density at radius 2 is 1.89 bits per heavy atom. The van der Waals surface area contributed by atoms with E-state index < -0.39 is 0 Å². The Balaban J connectivity index is 2.50. The Morgan fingerprint density at radius 3 is 2.47 bits per heavy atom. The molecule has 19 heavy (non-hydrogen) atoms. The van der Waals surface area contributed by atoms with Gasteiger partial charge in [-0.2, -0.15) is 0 Å². The van der Waals surface area contributed by atoms with Gasteiger partial charge in [0.15, 0.2) is 0 Å². The molecule has 0 aliphatic carbocycles. The summed E-state index contributed by atoms with van der Waals surface area (Å²) in [6.07, 6.45) is 0. The average Bonchev–Trinajstić information content (AvgIpc) is 2.29. The van der Waals surface area contributed by atoms with Crippen LogP contribution in [-0.4, -0.2) is 31.1 Å². The zero-order valence-electron chi connectivity index (χ0n) is 12.8. The van der Waals surface area contributed by atoms with Crippen LogP contribution >= 0.6 is 0 Å². The average molecular weight is 266 g/mol. The summed E-state index contributed by atoms with van der Waals surface area (Å²) in [7, 11) is 2.05. The van der Waals surface area contributed by atoms with Gasteiger partial charge in [0.25, 0.3) is 0 Å². The lowest BCUT2D eigenvalue weighted by molar-refractivity contribution is 0.194. The largest absolute Gasteiger partial charge is 0.314 e. The minimum Gasteiger partial charge on any atom is -0.314 e. The Kier molecular flexibility index (Phi) is 5.95. The van der Waals surface area contributed by atoms with E-state index in [1.165, 1.54) is 6.07 Å². The molecule has 108 valence electrons. The van der Waals surface area contributed by atoms with Crippen LogP contribution in [0.15, 0.2) is 24.3 Å². The van der Waals surface area contributed by atoms with Crippen molar-refractivity contribution in [1.82, 2.24) is 10.2 Å². The molecule has 0 atom stereocenters. The monoisotopic (exact) mass is 266 g/mol. The summed E-state index contributed by atoms with van der Waals surface area (Å²) in [6.45, 7) is 11.3. The summed E-state index contributed by atoms with van der Waals surface area (Å²) in [5, 5.41) is 3.47. The molecule has 1 aromatic rings. The third kappa shape index (κ3) is 6.17. The van der Waals surface area contributed by atoms with Crippen LogP contribution in [0.1, 0.15) is 33.3 Å². The van der Waals surface area contributed by atoms with Crippen LogP contribution < -0.4 is 5.32 Å². The van der Waals surface area contributed by atoms with Crippen LogP contribution in [-0.2, 0) is 6.54 Å². The molecule has 1 rings (SSSR count). The maximum Gasteiger partial charge on any atom is 0.127 e. The Bertz CT molecular complexity index is 388. The van der Waals surface area contributed by atoms with E-state index in [-0.39, 0.29) is 11.2 Å². The first kappa shape index (κ1) is 16.1. The van der Waals surface area contributed by atoms with E-state index in [0.29, 0.717) is 12.6 Å². The highest BCUT2D eigenvalue weighted by Crippen LogP contribution is 2.17. The molecule has 0 amide bonds. The van der Waals surface area contributed by atoms with Gasteiger partial charge in [-0.25, -0.2) is 4.39 Å². The second-order valence-corrected chi connectivity index (χ2v) is 6.46. The number of rotatable bonds is 7. The maximum absolute atomic E-state index is 13.6. The van der Waals surface area contributed by atoms with Gasteiger partial charge in [0.2, 0.25) is 0 Å². The van der Waals surface area contributed by atoms with Crippen LogP contribution in [0.5, 0.6) is 0 Å². The van der Waals surface area contributed by atoms with Crippen molar-refractivity contribution in [1.29, 1.82) is 0 Å². The van der Waals surface area contributed by atoms with Crippen LogP contribution in [0.25, 0.3) is 0 Å². The summed E-state index contributed by atoms with van der Waals surface area (Å²) in [6, 6.07) is 7.49. The number of hydrogen-bond acceptors (Lipinski definition) is 2. The first-order valence-electron chi connectivity index (χ1n) is 6.95. The number of halogens is 1. The van der Waals surface area contributed by atoms with Crippen molar-refractivity contribution in [2.45, 2.75) is 40.3 Å². The molecular formula is C16H27FN2. The Morgan fingerprint density at radius 1 is 1.26 bits per heavy atom. The van der Waals surface area contributed by atoms with Gasteiger partial charge in [-0.15, -0.1) is 0 Å². The number of nitrogens with one attached hydrogen (secondary N) is 1. The predicted octanol–water partition coefficient (Wildman–Crippen LogP) is 3.28. The van der Waals surface area contributed by atoms with Crippen molar-refractivity contribution in [3.8, 4) is 0 Å². The summed E-state index contributed by atoms with van der Waals surface area (Å²) in [4.78, 5) is 2.18. The number of benzene rings is 1. The highest BCUT2D eigenvalue weighted by Gasteiger charge is 2.20. The fraction of sp³-hybridized carbons (Fsp3) is 0.625. The lowest BCUT2D eigenvalue weighted by atomic mass is 9.92. The molecule has 1 N–H and O–H groups in total. The van der Waals surface area contributed by atoms with Crippen molar-refractivity contribution in [3.63, 3.8) is 0 Å². The molecule has 1 aromatic carbocycles. The van der Waals surface area contributed by atoms with Crippen molar-refractivity contribution in [3.05, 3.63) is 35.6 Å². The Labute approximate surface area is 117 Å². The van der Waals surface area contributed by atoms with Crippen LogP contribution in [0.4, 0.5) is 4.39 Å². The van der Waals surface area contributed by atoms with Crippen LogP contribution in [0, 0.1) is 11.2 Å². The molecule has 3 heteroatoms. The maximum atomic E-state index is 13.6. The van der Waals surface area contributed by atoms with Gasteiger partial charge < -0.3 is 10.2 Å². The quantitative estimate of drug-likeness (QED) is 0.815. The van der Waals surface area contributed by atoms with Crippen molar-refractivity contribution in [2.24, 2.45) is 5.41 Å². The van der Waals surface area contributed by atoms with Gasteiger partial charge in [-0.1, -0.05) is 45.9 Å². The van der Waals surface area contributed by atoms with Crippen molar-refractivity contribution >= 4 is 0 Å². The smallest absolute Gasteiger partial charge is 0.127 e. The predicted molar refractivity (Wildman–Crippen MR) is 79.7 cm³/mol. The SMILES string of the molecule is CC(C)NCC(C)(C)CN(C)Cc1ccccc1F. The molecule has 0 aliphatic rings. The highest BCUT2D eigenvalue weighted by atomic mass is 19.1. The first-order chi connectivity index (χ1) is 8.80. The lowest BCUT2D eigenvalue weighted by Gasteiger charge is -2.31. The second-order valence-electron chi connectivity index (χ2n) is 6.46. The summed E-state index contributed by atoms with van der Waals surface area (Å²) >= 11 is 0. The lowest BCUT2D eigenvalue weighted by Crippen LogP contribution is -2.40. The molecule has 2 nitrogen and oxygen atoms in total. The summed E-state index contributed by atoms with van der Waals surface area (Å²) < 4.78 is 13.6. The minimum atomic E-state index is -0.118. The van der Waals surface area contributed by atoms with E-state index in [1.807, 2.05) is 19.2 Å². The standard InChI is InChI=1S/C16H27FN2/c1-13(2)18-11-16(3,4)12-19(5)10-14-8-6-7-9-15(14)17/h6-9,13,18H,10-12H2,1-5H3. The Hall–Kier alpha value is -0.930. The van der Waals surface area contributed by atoms with E-state index in [0.717, 1.165) is 18.7 Å². The van der Waals surface area contributed by atoms with E-state index in [4.69, 9.17) is 0 Å². The molecule has 0 heterocycles. The summed E-state index contributed by atoms with van der Waals surface area (Å²) in [5.41, 5.74) is 0.933. The van der Waals surface area contributed by atoms with Gasteiger partial charge >= 0.3 is 0 Å². The molecule has 0 aromatic heterocycles. The fourth-order valence-corrected chi connectivity index (χ4v) is 2.24. The number of hydrogen-bond donors (Lipinski definition) is 1. The highest BCUT2D eigenvalue weighted by molar-refractivity contribution is 5.17. The third-order valence-electron chi connectivity index (χ3n) is 3.08. The van der Waals surface area contributed by atoms with E-state index in [2.05, 4.69) is 37.9 Å². The molecule has 0 bridgehead atoms. The van der Waals surface area contributed by atoms with Gasteiger partial charge in [-0.3, -0.25) is 0 Å². The van der Waals surface area contributed by atoms with Crippen LogP contribution in [0.3, 0.4) is 0 Å². The minimum absolute atomic E-state index is 0.118. The van der Waals surface area contributed by atoms with Gasteiger partial charge in [0, 0.05) is 31.2 Å². The third-order valence-corrected chi connectivity index (χ3v) is 3.08. The molecular weight excluding hydrogens is 239 g/mol. The summed E-state index contributed by atoms with van der Waals surface area (Å²) in [5.74, 6) is -0.118. The zero-order chi connectivity index (χ0) is 14.5. The molecule has 0 spiro atoms.